The number of halogens is 2. The summed E-state index contributed by atoms with van der Waals surface area (Å²) in [6, 6.07) is 11.6. The highest BCUT2D eigenvalue weighted by molar-refractivity contribution is 7.98. The van der Waals surface area contributed by atoms with Crippen molar-refractivity contribution in [1.29, 1.82) is 0 Å². The maximum absolute atomic E-state index is 13.0. The van der Waals surface area contributed by atoms with E-state index in [4.69, 9.17) is 9.72 Å². The fourth-order valence-corrected chi connectivity index (χ4v) is 6.61. The highest BCUT2D eigenvalue weighted by Gasteiger charge is 2.24. The lowest BCUT2D eigenvalue weighted by atomic mass is 10.2. The summed E-state index contributed by atoms with van der Waals surface area (Å²) >= 11 is 1.51. The maximum atomic E-state index is 13.0. The molecule has 0 radical (unpaired) electrons. The Hall–Kier alpha value is -2.21. The second-order valence-electron chi connectivity index (χ2n) is 8.19. The number of sulfonamides is 1. The minimum absolute atomic E-state index is 0.0802. The molecular weight excluding hydrogens is 496 g/mol. The Kier molecular flexibility index (Phi) is 8.31. The van der Waals surface area contributed by atoms with Crippen molar-refractivity contribution in [3.63, 3.8) is 0 Å². The van der Waals surface area contributed by atoms with E-state index in [-0.39, 0.29) is 16.7 Å². The average Bonchev–Trinajstić information content (AvgIpc) is 3.47. The van der Waals surface area contributed by atoms with Crippen LogP contribution in [-0.4, -0.2) is 54.7 Å². The Labute approximate surface area is 208 Å². The van der Waals surface area contributed by atoms with Gasteiger partial charge in [0, 0.05) is 25.4 Å². The summed E-state index contributed by atoms with van der Waals surface area (Å²) in [5.41, 5.74) is 2.39. The minimum atomic E-state index is -3.60. The fraction of sp³-hybridized carbons (Fsp3) is 0.458. The Morgan fingerprint density at radius 1 is 1.20 bits per heavy atom. The van der Waals surface area contributed by atoms with Gasteiger partial charge in [0.05, 0.1) is 28.6 Å². The van der Waals surface area contributed by atoms with E-state index in [1.54, 1.807) is 24.3 Å². The Morgan fingerprint density at radius 3 is 2.57 bits per heavy atom. The van der Waals surface area contributed by atoms with Crippen LogP contribution in [0.2, 0.25) is 0 Å². The summed E-state index contributed by atoms with van der Waals surface area (Å²) < 4.78 is 64.6. The van der Waals surface area contributed by atoms with Gasteiger partial charge in [0.25, 0.3) is 0 Å². The number of rotatable bonds is 11. The van der Waals surface area contributed by atoms with Gasteiger partial charge in [-0.1, -0.05) is 37.7 Å². The van der Waals surface area contributed by atoms with Crippen molar-refractivity contribution < 1.29 is 26.7 Å². The third-order valence-electron chi connectivity index (χ3n) is 5.95. The first kappa shape index (κ1) is 25.9. The van der Waals surface area contributed by atoms with E-state index in [9.17, 15) is 17.2 Å². The van der Waals surface area contributed by atoms with Crippen molar-refractivity contribution in [3.8, 4) is 5.75 Å². The van der Waals surface area contributed by atoms with E-state index in [2.05, 4.69) is 9.30 Å². The Morgan fingerprint density at radius 2 is 1.94 bits per heavy atom. The molecule has 2 aromatic carbocycles. The topological polar surface area (TPSA) is 73.7 Å². The molecule has 0 amide bonds. The molecule has 4 rings (SSSR count). The van der Waals surface area contributed by atoms with Gasteiger partial charge in [-0.25, -0.2) is 13.4 Å². The summed E-state index contributed by atoms with van der Waals surface area (Å²) in [6.07, 6.45) is 2.06. The van der Waals surface area contributed by atoms with Gasteiger partial charge in [0.15, 0.2) is 5.16 Å². The molecule has 0 spiro atoms. The first-order valence-electron chi connectivity index (χ1n) is 11.6. The second kappa shape index (κ2) is 11.2. The number of hydrogen-bond donors (Lipinski definition) is 0. The van der Waals surface area contributed by atoms with Gasteiger partial charge in [-0.3, -0.25) is 0 Å². The monoisotopic (exact) mass is 525 g/mol. The molecule has 0 saturated carbocycles. The van der Waals surface area contributed by atoms with Gasteiger partial charge in [-0.15, -0.1) is 0 Å². The summed E-state index contributed by atoms with van der Waals surface area (Å²) in [6.45, 7) is 2.93. The van der Waals surface area contributed by atoms with E-state index < -0.39 is 16.6 Å². The maximum Gasteiger partial charge on any atom is 0.387 e. The number of imidazole rings is 1. The number of thioether (sulfide) groups is 1. The van der Waals surface area contributed by atoms with Crippen molar-refractivity contribution in [2.24, 2.45) is 0 Å². The van der Waals surface area contributed by atoms with Gasteiger partial charge >= 0.3 is 6.61 Å². The molecule has 190 valence electrons. The van der Waals surface area contributed by atoms with Gasteiger partial charge < -0.3 is 14.0 Å². The van der Waals surface area contributed by atoms with Crippen LogP contribution in [0, 0.1) is 0 Å². The van der Waals surface area contributed by atoms with Crippen LogP contribution in [0.3, 0.4) is 0 Å². The summed E-state index contributed by atoms with van der Waals surface area (Å²) in [7, 11) is -3.60. The molecule has 1 saturated heterocycles. The molecule has 0 aliphatic carbocycles. The van der Waals surface area contributed by atoms with Crippen molar-refractivity contribution in [2.75, 3.05) is 19.7 Å². The zero-order chi connectivity index (χ0) is 25.0. The highest BCUT2D eigenvalue weighted by Crippen LogP contribution is 2.31. The first-order valence-corrected chi connectivity index (χ1v) is 14.0. The predicted molar refractivity (Wildman–Crippen MR) is 131 cm³/mol. The molecule has 11 heteroatoms. The third-order valence-corrected chi connectivity index (χ3v) is 9.05. The quantitative estimate of drug-likeness (QED) is 0.323. The smallest absolute Gasteiger partial charge is 0.387 e. The summed E-state index contributed by atoms with van der Waals surface area (Å²) in [4.78, 5) is 5.00. The van der Waals surface area contributed by atoms with Crippen molar-refractivity contribution in [3.05, 3.63) is 48.0 Å². The number of aromatic nitrogens is 2. The third kappa shape index (κ3) is 5.96. The number of alkyl halides is 2. The molecule has 1 aliphatic heterocycles. The number of hydrogen-bond acceptors (Lipinski definition) is 6. The minimum Gasteiger partial charge on any atom is -0.435 e. The number of benzene rings is 2. The van der Waals surface area contributed by atoms with Crippen LogP contribution in [0.4, 0.5) is 8.78 Å². The standard InChI is InChI=1S/C24H29F2N3O4S2/c1-3-28(4-2)35(30,31)20-11-12-22-21(14-20)27-24(29(22)15-19-6-5-13-32-19)34-16-17-7-9-18(10-8-17)33-23(25)26/h7-12,14,19,23H,3-6,13,15-16H2,1-2H3/t19-/m0/s1. The molecule has 1 atom stereocenters. The van der Waals surface area contributed by atoms with Gasteiger partial charge in [-0.2, -0.15) is 13.1 Å². The molecule has 1 aromatic heterocycles. The molecule has 0 bridgehead atoms. The first-order chi connectivity index (χ1) is 16.8. The van der Waals surface area contributed by atoms with Gasteiger partial charge in [0.2, 0.25) is 10.0 Å². The lowest BCUT2D eigenvalue weighted by Crippen LogP contribution is -2.30. The zero-order valence-corrected chi connectivity index (χ0v) is 21.3. The van der Waals surface area contributed by atoms with Crippen molar-refractivity contribution >= 4 is 32.8 Å². The summed E-state index contributed by atoms with van der Waals surface area (Å²) in [5.74, 6) is 0.676. The van der Waals surface area contributed by atoms with Crippen LogP contribution in [-0.2, 0) is 27.1 Å². The van der Waals surface area contributed by atoms with E-state index in [0.29, 0.717) is 30.9 Å². The molecule has 2 heterocycles. The Balaban J connectivity index is 1.62. The van der Waals surface area contributed by atoms with Crippen LogP contribution in [0.1, 0.15) is 32.3 Å². The van der Waals surface area contributed by atoms with Crippen LogP contribution in [0.15, 0.2) is 52.5 Å². The van der Waals surface area contributed by atoms with E-state index in [0.717, 1.165) is 35.7 Å². The SMILES string of the molecule is CCN(CC)S(=O)(=O)c1ccc2c(c1)nc(SCc1ccc(OC(F)F)cc1)n2C[C@@H]1CCCO1. The lowest BCUT2D eigenvalue weighted by molar-refractivity contribution is -0.0498. The van der Waals surface area contributed by atoms with Crippen molar-refractivity contribution in [1.82, 2.24) is 13.9 Å². The van der Waals surface area contributed by atoms with Gasteiger partial charge in [-0.05, 0) is 48.7 Å². The number of ether oxygens (including phenoxy) is 2. The van der Waals surface area contributed by atoms with Crippen LogP contribution < -0.4 is 4.74 Å². The molecule has 35 heavy (non-hydrogen) atoms. The van der Waals surface area contributed by atoms with Crippen LogP contribution in [0.25, 0.3) is 11.0 Å². The normalized spacial score (nSPS) is 16.6. The Bertz CT molecular complexity index is 1240. The zero-order valence-electron chi connectivity index (χ0n) is 19.7. The number of nitrogens with zero attached hydrogens (tertiary/aromatic N) is 3. The summed E-state index contributed by atoms with van der Waals surface area (Å²) in [5, 5.41) is 0.751. The van der Waals surface area contributed by atoms with E-state index in [1.807, 2.05) is 19.9 Å². The average molecular weight is 526 g/mol. The molecule has 7 nitrogen and oxygen atoms in total. The number of fused-ring (bicyclic) bond motifs is 1. The predicted octanol–water partition coefficient (Wildman–Crippen LogP) is 5.14. The van der Waals surface area contributed by atoms with Crippen molar-refractivity contribution in [2.45, 2.75) is 61.8 Å². The molecule has 1 aliphatic rings. The molecule has 3 aromatic rings. The molecule has 0 unspecified atom stereocenters. The van der Waals surface area contributed by atoms with E-state index in [1.165, 1.54) is 28.2 Å². The van der Waals surface area contributed by atoms with Crippen LogP contribution in [0.5, 0.6) is 5.75 Å². The molecule has 0 N–H and O–H groups in total. The fourth-order valence-electron chi connectivity index (χ4n) is 4.15. The van der Waals surface area contributed by atoms with Crippen LogP contribution >= 0.6 is 11.8 Å². The van der Waals surface area contributed by atoms with Gasteiger partial charge in [0.1, 0.15) is 5.75 Å². The highest BCUT2D eigenvalue weighted by atomic mass is 32.2. The largest absolute Gasteiger partial charge is 0.435 e. The molecule has 1 fully saturated rings. The lowest BCUT2D eigenvalue weighted by Gasteiger charge is -2.18. The van der Waals surface area contributed by atoms with E-state index >= 15 is 0 Å². The second-order valence-corrected chi connectivity index (χ2v) is 11.1. The molecular formula is C24H29F2N3O4S2.